The van der Waals surface area contributed by atoms with Gasteiger partial charge in [-0.1, -0.05) is 6.92 Å². The minimum atomic E-state index is 0.664. The fraction of sp³-hybridized carbons (Fsp3) is 1.00. The molecule has 0 aromatic carbocycles. The third-order valence-electron chi connectivity index (χ3n) is 3.78. The van der Waals surface area contributed by atoms with Crippen LogP contribution in [0.2, 0.25) is 0 Å². The molecular formula is C10H19N. The predicted octanol–water partition coefficient (Wildman–Crippen LogP) is 2.27. The second kappa shape index (κ2) is 2.48. The maximum absolute atomic E-state index is 2.61. The van der Waals surface area contributed by atoms with Crippen molar-refractivity contribution in [3.05, 3.63) is 0 Å². The van der Waals surface area contributed by atoms with Gasteiger partial charge in [-0.2, -0.15) is 0 Å². The van der Waals surface area contributed by atoms with Gasteiger partial charge in [-0.3, -0.25) is 0 Å². The van der Waals surface area contributed by atoms with Crippen molar-refractivity contribution in [3.63, 3.8) is 0 Å². The predicted molar refractivity (Wildman–Crippen MR) is 47.6 cm³/mol. The molecule has 0 aromatic rings. The molecule has 0 bridgehead atoms. The van der Waals surface area contributed by atoms with Gasteiger partial charge in [-0.05, 0) is 51.6 Å². The zero-order valence-electron chi connectivity index (χ0n) is 7.77. The minimum Gasteiger partial charge on any atom is -0.301 e. The SMILES string of the molecule is C[C@H]1CCN(C)C2(CCC2)C1. The fourth-order valence-electron chi connectivity index (χ4n) is 2.73. The van der Waals surface area contributed by atoms with Gasteiger partial charge in [0.25, 0.3) is 0 Å². The number of rotatable bonds is 0. The van der Waals surface area contributed by atoms with Crippen LogP contribution in [0.3, 0.4) is 0 Å². The molecule has 1 heteroatoms. The van der Waals surface area contributed by atoms with Crippen molar-refractivity contribution < 1.29 is 0 Å². The molecule has 1 nitrogen and oxygen atoms in total. The standard InChI is InChI=1S/C10H19N/c1-9-4-7-11(2)10(8-9)5-3-6-10/h9H,3-8H2,1-2H3/t9-/m0/s1. The van der Waals surface area contributed by atoms with Gasteiger partial charge in [0, 0.05) is 5.54 Å². The zero-order valence-corrected chi connectivity index (χ0v) is 7.77. The Morgan fingerprint density at radius 2 is 2.09 bits per heavy atom. The maximum atomic E-state index is 2.61. The molecular weight excluding hydrogens is 134 g/mol. The van der Waals surface area contributed by atoms with E-state index in [4.69, 9.17) is 0 Å². The van der Waals surface area contributed by atoms with Crippen LogP contribution < -0.4 is 0 Å². The number of piperidine rings is 1. The monoisotopic (exact) mass is 153 g/mol. The normalized spacial score (nSPS) is 37.1. The van der Waals surface area contributed by atoms with Gasteiger partial charge in [0.15, 0.2) is 0 Å². The van der Waals surface area contributed by atoms with Crippen LogP contribution in [0.1, 0.15) is 39.0 Å². The quantitative estimate of drug-likeness (QED) is 0.516. The van der Waals surface area contributed by atoms with Crippen LogP contribution in [-0.4, -0.2) is 24.0 Å². The van der Waals surface area contributed by atoms with E-state index in [0.29, 0.717) is 5.54 Å². The van der Waals surface area contributed by atoms with Crippen molar-refractivity contribution in [2.24, 2.45) is 5.92 Å². The molecule has 64 valence electrons. The fourth-order valence-corrected chi connectivity index (χ4v) is 2.73. The number of hydrogen-bond donors (Lipinski definition) is 0. The molecule has 0 unspecified atom stereocenters. The molecule has 1 aliphatic carbocycles. The second-order valence-electron chi connectivity index (χ2n) is 4.60. The molecule has 0 aromatic heterocycles. The van der Waals surface area contributed by atoms with E-state index in [1.807, 2.05) is 0 Å². The van der Waals surface area contributed by atoms with E-state index >= 15 is 0 Å². The minimum absolute atomic E-state index is 0.664. The Hall–Kier alpha value is -0.0400. The van der Waals surface area contributed by atoms with E-state index in [0.717, 1.165) is 5.92 Å². The summed E-state index contributed by atoms with van der Waals surface area (Å²) in [6.45, 7) is 3.74. The number of likely N-dealkylation sites (tertiary alicyclic amines) is 1. The van der Waals surface area contributed by atoms with Crippen LogP contribution >= 0.6 is 0 Å². The van der Waals surface area contributed by atoms with Crippen molar-refractivity contribution in [1.29, 1.82) is 0 Å². The molecule has 1 spiro atoms. The lowest BCUT2D eigenvalue weighted by atomic mass is 9.68. The van der Waals surface area contributed by atoms with Crippen LogP contribution in [0.25, 0.3) is 0 Å². The molecule has 11 heavy (non-hydrogen) atoms. The molecule has 0 radical (unpaired) electrons. The van der Waals surface area contributed by atoms with Crippen LogP contribution in [0.4, 0.5) is 0 Å². The molecule has 2 aliphatic rings. The molecule has 0 N–H and O–H groups in total. The largest absolute Gasteiger partial charge is 0.301 e. The second-order valence-corrected chi connectivity index (χ2v) is 4.60. The highest BCUT2D eigenvalue weighted by atomic mass is 15.2. The van der Waals surface area contributed by atoms with Gasteiger partial charge in [0.1, 0.15) is 0 Å². The third kappa shape index (κ3) is 1.10. The van der Waals surface area contributed by atoms with E-state index in [1.165, 1.54) is 38.6 Å². The van der Waals surface area contributed by atoms with E-state index in [2.05, 4.69) is 18.9 Å². The summed E-state index contributed by atoms with van der Waals surface area (Å²) in [5.41, 5.74) is 0.664. The van der Waals surface area contributed by atoms with Gasteiger partial charge in [-0.25, -0.2) is 0 Å². The molecule has 0 amide bonds. The molecule has 2 fully saturated rings. The molecule has 1 aliphatic heterocycles. The van der Waals surface area contributed by atoms with Gasteiger partial charge in [0.05, 0.1) is 0 Å². The first-order valence-corrected chi connectivity index (χ1v) is 4.94. The molecule has 1 heterocycles. The topological polar surface area (TPSA) is 3.24 Å². The van der Waals surface area contributed by atoms with Gasteiger partial charge in [-0.15, -0.1) is 0 Å². The summed E-state index contributed by atoms with van der Waals surface area (Å²) >= 11 is 0. The average molecular weight is 153 g/mol. The van der Waals surface area contributed by atoms with Gasteiger partial charge in [0.2, 0.25) is 0 Å². The van der Waals surface area contributed by atoms with Crippen molar-refractivity contribution in [3.8, 4) is 0 Å². The van der Waals surface area contributed by atoms with E-state index in [-0.39, 0.29) is 0 Å². The summed E-state index contributed by atoms with van der Waals surface area (Å²) in [7, 11) is 2.31. The van der Waals surface area contributed by atoms with Crippen LogP contribution in [0.15, 0.2) is 0 Å². The zero-order chi connectivity index (χ0) is 7.90. The summed E-state index contributed by atoms with van der Waals surface area (Å²) in [5.74, 6) is 0.978. The Morgan fingerprint density at radius 1 is 1.36 bits per heavy atom. The van der Waals surface area contributed by atoms with Crippen LogP contribution in [0.5, 0.6) is 0 Å². The third-order valence-corrected chi connectivity index (χ3v) is 3.78. The Kier molecular flexibility index (Phi) is 1.71. The number of hydrogen-bond acceptors (Lipinski definition) is 1. The Bertz CT molecular complexity index is 149. The number of nitrogens with zero attached hydrogens (tertiary/aromatic N) is 1. The Labute approximate surface area is 69.8 Å². The highest BCUT2D eigenvalue weighted by Gasteiger charge is 2.43. The first-order valence-electron chi connectivity index (χ1n) is 4.94. The molecule has 1 atom stereocenters. The van der Waals surface area contributed by atoms with E-state index in [9.17, 15) is 0 Å². The average Bonchev–Trinajstić information content (AvgIpc) is 1.91. The van der Waals surface area contributed by atoms with Crippen molar-refractivity contribution in [2.75, 3.05) is 13.6 Å². The molecule has 2 rings (SSSR count). The van der Waals surface area contributed by atoms with E-state index < -0.39 is 0 Å². The van der Waals surface area contributed by atoms with Crippen molar-refractivity contribution >= 4 is 0 Å². The first-order chi connectivity index (χ1) is 5.23. The summed E-state index contributed by atoms with van der Waals surface area (Å²) in [4.78, 5) is 2.61. The lowest BCUT2D eigenvalue weighted by molar-refractivity contribution is -0.0156. The molecule has 1 saturated heterocycles. The summed E-state index contributed by atoms with van der Waals surface area (Å²) in [5, 5.41) is 0. The van der Waals surface area contributed by atoms with E-state index in [1.54, 1.807) is 0 Å². The smallest absolute Gasteiger partial charge is 0.0209 e. The Balaban J connectivity index is 2.04. The lowest BCUT2D eigenvalue weighted by Crippen LogP contribution is -2.55. The Morgan fingerprint density at radius 3 is 2.55 bits per heavy atom. The summed E-state index contributed by atoms with van der Waals surface area (Å²) in [6, 6.07) is 0. The van der Waals surface area contributed by atoms with Crippen molar-refractivity contribution in [1.82, 2.24) is 4.90 Å². The van der Waals surface area contributed by atoms with Crippen molar-refractivity contribution in [2.45, 2.75) is 44.6 Å². The van der Waals surface area contributed by atoms with Crippen LogP contribution in [0, 0.1) is 5.92 Å². The van der Waals surface area contributed by atoms with Crippen LogP contribution in [-0.2, 0) is 0 Å². The molecule has 1 saturated carbocycles. The lowest BCUT2D eigenvalue weighted by Gasteiger charge is -2.53. The highest BCUT2D eigenvalue weighted by Crippen LogP contribution is 2.44. The maximum Gasteiger partial charge on any atom is 0.0209 e. The summed E-state index contributed by atoms with van der Waals surface area (Å²) in [6.07, 6.45) is 7.28. The first kappa shape index (κ1) is 7.60. The highest BCUT2D eigenvalue weighted by molar-refractivity contribution is 5.00. The van der Waals surface area contributed by atoms with Gasteiger partial charge >= 0.3 is 0 Å². The summed E-state index contributed by atoms with van der Waals surface area (Å²) < 4.78 is 0. The van der Waals surface area contributed by atoms with Gasteiger partial charge < -0.3 is 4.90 Å².